The van der Waals surface area contributed by atoms with Gasteiger partial charge < -0.3 is 20.0 Å². The number of fused-ring (bicyclic) bond motifs is 2. The molecule has 0 bridgehead atoms. The second-order valence-corrected chi connectivity index (χ2v) is 8.51. The van der Waals surface area contributed by atoms with Gasteiger partial charge in [-0.3, -0.25) is 14.4 Å². The first-order valence-corrected chi connectivity index (χ1v) is 11.0. The summed E-state index contributed by atoms with van der Waals surface area (Å²) >= 11 is 0. The number of hydrogen-bond donors (Lipinski definition) is 2. The fourth-order valence-electron chi connectivity index (χ4n) is 4.46. The molecule has 1 aromatic heterocycles. The van der Waals surface area contributed by atoms with E-state index in [1.807, 2.05) is 0 Å². The van der Waals surface area contributed by atoms with Gasteiger partial charge in [-0.2, -0.15) is 13.2 Å². The van der Waals surface area contributed by atoms with Crippen molar-refractivity contribution >= 4 is 23.4 Å². The summed E-state index contributed by atoms with van der Waals surface area (Å²) in [6.45, 7) is 0.235. The highest BCUT2D eigenvalue weighted by Gasteiger charge is 2.40. The summed E-state index contributed by atoms with van der Waals surface area (Å²) in [7, 11) is 0. The summed E-state index contributed by atoms with van der Waals surface area (Å²) in [6.07, 6.45) is -2.38. The quantitative estimate of drug-likeness (QED) is 0.581. The molecular weight excluding hydrogens is 463 g/mol. The lowest BCUT2D eigenvalue weighted by atomic mass is 9.95. The van der Waals surface area contributed by atoms with E-state index in [0.717, 1.165) is 24.3 Å². The maximum Gasteiger partial charge on any atom is 0.416 e. The highest BCUT2D eigenvalue weighted by Crippen LogP contribution is 2.32. The molecule has 3 aromatic rings. The first-order valence-electron chi connectivity index (χ1n) is 11.0. The highest BCUT2D eigenvalue weighted by molar-refractivity contribution is 6.10. The van der Waals surface area contributed by atoms with Crippen LogP contribution in [0.25, 0.3) is 11.3 Å². The molecule has 2 atom stereocenters. The van der Waals surface area contributed by atoms with Crippen molar-refractivity contribution in [3.63, 3.8) is 0 Å². The molecule has 0 aliphatic carbocycles. The van der Waals surface area contributed by atoms with Gasteiger partial charge in [-0.25, -0.2) is 0 Å². The minimum atomic E-state index is -4.49. The molecule has 3 heterocycles. The van der Waals surface area contributed by atoms with E-state index >= 15 is 0 Å². The normalized spacial score (nSPS) is 19.9. The van der Waals surface area contributed by atoms with E-state index in [-0.39, 0.29) is 30.3 Å². The van der Waals surface area contributed by atoms with Gasteiger partial charge in [-0.1, -0.05) is 0 Å². The number of rotatable bonds is 3. The maximum atomic E-state index is 13.3. The van der Waals surface area contributed by atoms with Gasteiger partial charge in [-0.15, -0.1) is 0 Å². The fraction of sp³-hybridized carbons (Fsp3) is 0.240. The Bertz CT molecular complexity index is 1290. The summed E-state index contributed by atoms with van der Waals surface area (Å²) in [6, 6.07) is 11.3. The van der Waals surface area contributed by atoms with Gasteiger partial charge in [0, 0.05) is 23.7 Å². The lowest BCUT2D eigenvalue weighted by Crippen LogP contribution is -2.55. The molecule has 35 heavy (non-hydrogen) atoms. The first-order chi connectivity index (χ1) is 16.7. The zero-order chi connectivity index (χ0) is 24.7. The molecule has 180 valence electrons. The fourth-order valence-corrected chi connectivity index (χ4v) is 4.46. The van der Waals surface area contributed by atoms with Crippen molar-refractivity contribution < 1.29 is 32.0 Å². The smallest absolute Gasteiger partial charge is 0.416 e. The van der Waals surface area contributed by atoms with Gasteiger partial charge >= 0.3 is 6.18 Å². The van der Waals surface area contributed by atoms with Gasteiger partial charge in [-0.05, 0) is 67.4 Å². The number of furan rings is 1. The van der Waals surface area contributed by atoms with E-state index in [9.17, 15) is 27.6 Å². The van der Waals surface area contributed by atoms with Crippen LogP contribution in [0.4, 0.5) is 18.9 Å². The molecule has 5 rings (SSSR count). The molecule has 2 N–H and O–H groups in total. The number of piperidine rings is 1. The van der Waals surface area contributed by atoms with Gasteiger partial charge in [0.15, 0.2) is 0 Å². The van der Waals surface area contributed by atoms with Crippen LogP contribution in [0.3, 0.4) is 0 Å². The molecule has 7 nitrogen and oxygen atoms in total. The average molecular weight is 483 g/mol. The van der Waals surface area contributed by atoms with Crippen molar-refractivity contribution in [2.45, 2.75) is 31.1 Å². The third-order valence-electron chi connectivity index (χ3n) is 6.29. The molecule has 2 aromatic carbocycles. The van der Waals surface area contributed by atoms with Crippen LogP contribution in [0.2, 0.25) is 0 Å². The van der Waals surface area contributed by atoms with Crippen LogP contribution in [-0.2, 0) is 11.0 Å². The van der Waals surface area contributed by atoms with Crippen LogP contribution in [0, 0.1) is 0 Å². The first kappa shape index (κ1) is 22.7. The summed E-state index contributed by atoms with van der Waals surface area (Å²) in [5, 5.41) is 5.58. The second kappa shape index (κ2) is 8.61. The number of amides is 3. The topological polar surface area (TPSA) is 91.7 Å². The number of anilines is 1. The number of halogens is 3. The molecule has 3 amide bonds. The molecular formula is C25H20F3N3O4. The molecule has 0 radical (unpaired) electrons. The molecule has 1 fully saturated rings. The van der Waals surface area contributed by atoms with Crippen LogP contribution in [-0.4, -0.2) is 41.2 Å². The van der Waals surface area contributed by atoms with Crippen molar-refractivity contribution in [2.75, 3.05) is 11.9 Å². The predicted octanol–water partition coefficient (Wildman–Crippen LogP) is 4.32. The lowest BCUT2D eigenvalue weighted by molar-refractivity contribution is -0.137. The van der Waals surface area contributed by atoms with E-state index in [4.69, 9.17) is 4.42 Å². The Morgan fingerprint density at radius 2 is 1.86 bits per heavy atom. The van der Waals surface area contributed by atoms with Crippen molar-refractivity contribution in [1.29, 1.82) is 0 Å². The molecule has 0 spiro atoms. The van der Waals surface area contributed by atoms with Crippen molar-refractivity contribution in [1.82, 2.24) is 10.2 Å². The lowest BCUT2D eigenvalue weighted by Gasteiger charge is -2.37. The van der Waals surface area contributed by atoms with Crippen LogP contribution < -0.4 is 10.6 Å². The Morgan fingerprint density at radius 1 is 1.09 bits per heavy atom. The molecule has 2 aliphatic rings. The van der Waals surface area contributed by atoms with E-state index in [0.29, 0.717) is 29.0 Å². The molecule has 2 aliphatic heterocycles. The average Bonchev–Trinajstić information content (AvgIpc) is 3.35. The minimum Gasteiger partial charge on any atom is -0.464 e. The number of nitrogens with one attached hydrogen (secondary N) is 2. The SMILES string of the molecule is O=C(NC1CCN2C(=O)c3cc(-c4ccco4)ccc3NC(=O)C2C1)c1ccc(C(F)(F)F)cc1. The number of hydrogen-bond acceptors (Lipinski definition) is 4. The standard InChI is InChI=1S/C25H20F3N3O4/c26-25(27,28)16-6-3-14(4-7-16)22(32)29-17-9-10-31-20(13-17)23(33)30-19-8-5-15(12-18(19)24(31)34)21-2-1-11-35-21/h1-8,11-12,17,20H,9-10,13H2,(H,29,32)(H,30,33). The third kappa shape index (κ3) is 4.39. The predicted molar refractivity (Wildman–Crippen MR) is 120 cm³/mol. The summed E-state index contributed by atoms with van der Waals surface area (Å²) < 4.78 is 43.7. The van der Waals surface area contributed by atoms with Crippen molar-refractivity contribution in [3.05, 3.63) is 77.6 Å². The van der Waals surface area contributed by atoms with E-state index in [1.165, 1.54) is 11.2 Å². The molecule has 2 unspecified atom stereocenters. The summed E-state index contributed by atoms with van der Waals surface area (Å²) in [5.41, 5.74) is 0.691. The zero-order valence-corrected chi connectivity index (χ0v) is 18.3. The number of carbonyl (C=O) groups excluding carboxylic acids is 3. The van der Waals surface area contributed by atoms with Crippen LogP contribution in [0.15, 0.2) is 65.3 Å². The van der Waals surface area contributed by atoms with E-state index < -0.39 is 29.7 Å². The minimum absolute atomic E-state index is 0.0830. The highest BCUT2D eigenvalue weighted by atomic mass is 19.4. The van der Waals surface area contributed by atoms with Crippen LogP contribution >= 0.6 is 0 Å². The maximum absolute atomic E-state index is 13.3. The van der Waals surface area contributed by atoms with Gasteiger partial charge in [0.1, 0.15) is 11.8 Å². The van der Waals surface area contributed by atoms with Crippen LogP contribution in [0.1, 0.15) is 39.1 Å². The zero-order valence-electron chi connectivity index (χ0n) is 18.3. The Labute approximate surface area is 197 Å². The summed E-state index contributed by atoms with van der Waals surface area (Å²) in [5.74, 6) is -0.609. The number of nitrogens with zero attached hydrogens (tertiary/aromatic N) is 1. The van der Waals surface area contributed by atoms with Crippen molar-refractivity contribution in [2.24, 2.45) is 0 Å². The Balaban J connectivity index is 1.31. The largest absolute Gasteiger partial charge is 0.464 e. The number of alkyl halides is 3. The third-order valence-corrected chi connectivity index (χ3v) is 6.29. The van der Waals surface area contributed by atoms with Crippen molar-refractivity contribution in [3.8, 4) is 11.3 Å². The summed E-state index contributed by atoms with van der Waals surface area (Å²) in [4.78, 5) is 40.4. The van der Waals surface area contributed by atoms with E-state index in [2.05, 4.69) is 10.6 Å². The van der Waals surface area contributed by atoms with Gasteiger partial charge in [0.2, 0.25) is 5.91 Å². The van der Waals surface area contributed by atoms with Gasteiger partial charge in [0.25, 0.3) is 11.8 Å². The molecule has 10 heteroatoms. The Hall–Kier alpha value is -4.08. The molecule has 0 saturated carbocycles. The van der Waals surface area contributed by atoms with Crippen LogP contribution in [0.5, 0.6) is 0 Å². The monoisotopic (exact) mass is 483 g/mol. The molecule has 1 saturated heterocycles. The van der Waals surface area contributed by atoms with E-state index in [1.54, 1.807) is 30.3 Å². The Kier molecular flexibility index (Phi) is 5.58. The second-order valence-electron chi connectivity index (χ2n) is 8.51. The number of benzene rings is 2. The number of carbonyl (C=O) groups is 3. The van der Waals surface area contributed by atoms with Gasteiger partial charge in [0.05, 0.1) is 23.1 Å². The Morgan fingerprint density at radius 3 is 2.54 bits per heavy atom.